The lowest BCUT2D eigenvalue weighted by Crippen LogP contribution is -2.34. The van der Waals surface area contributed by atoms with Crippen molar-refractivity contribution in [2.45, 2.75) is 32.4 Å². The van der Waals surface area contributed by atoms with Crippen LogP contribution in [0.4, 0.5) is 0 Å². The highest BCUT2D eigenvalue weighted by molar-refractivity contribution is 5.76. The fraction of sp³-hybridized carbons (Fsp3) is 0.562. The van der Waals surface area contributed by atoms with Crippen LogP contribution in [-0.4, -0.2) is 44.3 Å². The van der Waals surface area contributed by atoms with Gasteiger partial charge in [0.15, 0.2) is 0 Å². The first kappa shape index (κ1) is 15.6. The minimum atomic E-state index is 0.112. The molecule has 0 N–H and O–H groups in total. The highest BCUT2D eigenvalue weighted by Crippen LogP contribution is 2.26. The van der Waals surface area contributed by atoms with Crippen LogP contribution < -0.4 is 9.47 Å². The third kappa shape index (κ3) is 3.88. The Morgan fingerprint density at radius 3 is 2.81 bits per heavy atom. The third-order valence-electron chi connectivity index (χ3n) is 3.76. The van der Waals surface area contributed by atoms with Crippen LogP contribution in [0.15, 0.2) is 18.2 Å². The lowest BCUT2D eigenvalue weighted by Gasteiger charge is -2.24. The fourth-order valence-electron chi connectivity index (χ4n) is 2.46. The molecular weight excluding hydrogens is 270 g/mol. The number of amides is 1. The van der Waals surface area contributed by atoms with E-state index < -0.39 is 0 Å². The van der Waals surface area contributed by atoms with Crippen LogP contribution in [0.1, 0.15) is 25.3 Å². The van der Waals surface area contributed by atoms with E-state index in [1.165, 1.54) is 0 Å². The Morgan fingerprint density at radius 2 is 2.14 bits per heavy atom. The normalized spacial score (nSPS) is 19.3. The number of carbonyl (C=O) groups is 1. The Hall–Kier alpha value is -1.75. The third-order valence-corrected chi connectivity index (χ3v) is 3.76. The van der Waals surface area contributed by atoms with Gasteiger partial charge in [0.05, 0.1) is 33.4 Å². The molecule has 0 aliphatic carbocycles. The van der Waals surface area contributed by atoms with Gasteiger partial charge in [-0.2, -0.15) is 0 Å². The zero-order valence-electron chi connectivity index (χ0n) is 12.9. The molecule has 5 heteroatoms. The lowest BCUT2D eigenvalue weighted by molar-refractivity contribution is -0.131. The van der Waals surface area contributed by atoms with Gasteiger partial charge in [-0.3, -0.25) is 4.79 Å². The van der Waals surface area contributed by atoms with E-state index in [-0.39, 0.29) is 12.0 Å². The highest BCUT2D eigenvalue weighted by Gasteiger charge is 2.23. The minimum Gasteiger partial charge on any atom is -0.497 e. The summed E-state index contributed by atoms with van der Waals surface area (Å²) in [5.41, 5.74) is 0.975. The van der Waals surface area contributed by atoms with Crippen molar-refractivity contribution in [3.8, 4) is 11.5 Å². The Bertz CT molecular complexity index is 489. The molecule has 116 valence electrons. The van der Waals surface area contributed by atoms with E-state index in [2.05, 4.69) is 6.92 Å². The average molecular weight is 293 g/mol. The van der Waals surface area contributed by atoms with Crippen molar-refractivity contribution >= 4 is 5.91 Å². The maximum Gasteiger partial charge on any atom is 0.225 e. The average Bonchev–Trinajstić information content (AvgIpc) is 2.69. The number of ether oxygens (including phenoxy) is 3. The SMILES string of the molecule is CCC1CN(Cc2ccc(OC)cc2OC)C(=O)CCO1. The quantitative estimate of drug-likeness (QED) is 0.835. The van der Waals surface area contributed by atoms with Crippen LogP contribution in [0, 0.1) is 0 Å². The largest absolute Gasteiger partial charge is 0.497 e. The van der Waals surface area contributed by atoms with Crippen LogP contribution in [0.2, 0.25) is 0 Å². The molecule has 1 heterocycles. The van der Waals surface area contributed by atoms with E-state index in [9.17, 15) is 4.79 Å². The Morgan fingerprint density at radius 1 is 1.33 bits per heavy atom. The molecular formula is C16H23NO4. The van der Waals surface area contributed by atoms with Gasteiger partial charge in [0.25, 0.3) is 0 Å². The highest BCUT2D eigenvalue weighted by atomic mass is 16.5. The molecule has 1 aromatic rings. The summed E-state index contributed by atoms with van der Waals surface area (Å²) >= 11 is 0. The van der Waals surface area contributed by atoms with Gasteiger partial charge in [-0.15, -0.1) is 0 Å². The predicted molar refractivity (Wildman–Crippen MR) is 79.6 cm³/mol. The van der Waals surface area contributed by atoms with E-state index in [0.29, 0.717) is 26.1 Å². The van der Waals surface area contributed by atoms with Crippen LogP contribution in [0.25, 0.3) is 0 Å². The number of rotatable bonds is 5. The maximum atomic E-state index is 12.2. The summed E-state index contributed by atoms with van der Waals surface area (Å²) in [7, 11) is 3.25. The molecule has 21 heavy (non-hydrogen) atoms. The van der Waals surface area contributed by atoms with E-state index in [4.69, 9.17) is 14.2 Å². The molecule has 1 aromatic carbocycles. The van der Waals surface area contributed by atoms with Gasteiger partial charge >= 0.3 is 0 Å². The zero-order valence-corrected chi connectivity index (χ0v) is 12.9. The maximum absolute atomic E-state index is 12.2. The Kier molecular flexibility index (Phi) is 5.44. The van der Waals surface area contributed by atoms with Gasteiger partial charge in [0.1, 0.15) is 11.5 Å². The first-order valence-corrected chi connectivity index (χ1v) is 7.28. The summed E-state index contributed by atoms with van der Waals surface area (Å²) in [6.45, 7) is 3.75. The summed E-state index contributed by atoms with van der Waals surface area (Å²) in [5, 5.41) is 0. The fourth-order valence-corrected chi connectivity index (χ4v) is 2.46. The van der Waals surface area contributed by atoms with Crippen LogP contribution >= 0.6 is 0 Å². The molecule has 1 aliphatic rings. The van der Waals surface area contributed by atoms with Crippen molar-refractivity contribution < 1.29 is 19.0 Å². The summed E-state index contributed by atoms with van der Waals surface area (Å²) in [6.07, 6.45) is 1.46. The van der Waals surface area contributed by atoms with Crippen molar-refractivity contribution in [1.29, 1.82) is 0 Å². The van der Waals surface area contributed by atoms with E-state index in [0.717, 1.165) is 23.5 Å². The first-order valence-electron chi connectivity index (χ1n) is 7.28. The smallest absolute Gasteiger partial charge is 0.225 e. The second kappa shape index (κ2) is 7.31. The van der Waals surface area contributed by atoms with Crippen molar-refractivity contribution in [3.63, 3.8) is 0 Å². The molecule has 0 aromatic heterocycles. The molecule has 0 radical (unpaired) electrons. The molecule has 1 atom stereocenters. The van der Waals surface area contributed by atoms with E-state index in [1.807, 2.05) is 23.1 Å². The van der Waals surface area contributed by atoms with E-state index in [1.54, 1.807) is 14.2 Å². The van der Waals surface area contributed by atoms with Crippen molar-refractivity contribution in [3.05, 3.63) is 23.8 Å². The van der Waals surface area contributed by atoms with Gasteiger partial charge < -0.3 is 19.1 Å². The minimum absolute atomic E-state index is 0.112. The van der Waals surface area contributed by atoms with Crippen molar-refractivity contribution in [2.75, 3.05) is 27.4 Å². The van der Waals surface area contributed by atoms with Gasteiger partial charge in [0, 0.05) is 24.7 Å². The lowest BCUT2D eigenvalue weighted by atomic mass is 10.1. The molecule has 0 bridgehead atoms. The van der Waals surface area contributed by atoms with Crippen LogP contribution in [0.3, 0.4) is 0 Å². The number of hydrogen-bond donors (Lipinski definition) is 0. The van der Waals surface area contributed by atoms with Gasteiger partial charge in [0.2, 0.25) is 5.91 Å². The van der Waals surface area contributed by atoms with Gasteiger partial charge in [-0.1, -0.05) is 6.92 Å². The molecule has 5 nitrogen and oxygen atoms in total. The number of benzene rings is 1. The summed E-state index contributed by atoms with van der Waals surface area (Å²) in [6, 6.07) is 5.66. The predicted octanol–water partition coefficient (Wildman–Crippen LogP) is 2.23. The molecule has 0 spiro atoms. The molecule has 1 fully saturated rings. The Labute approximate surface area is 125 Å². The Balaban J connectivity index is 2.16. The standard InChI is InChI=1S/C16H23NO4/c1-4-13-11-17(16(18)7-8-21-13)10-12-5-6-14(19-2)9-15(12)20-3/h5-6,9,13H,4,7-8,10-11H2,1-3H3. The van der Waals surface area contributed by atoms with Crippen molar-refractivity contribution in [1.82, 2.24) is 4.90 Å². The molecule has 0 saturated carbocycles. The summed E-state index contributed by atoms with van der Waals surface area (Å²) in [5.74, 6) is 1.61. The first-order chi connectivity index (χ1) is 10.2. The topological polar surface area (TPSA) is 48.0 Å². The number of nitrogens with zero attached hydrogens (tertiary/aromatic N) is 1. The molecule has 1 saturated heterocycles. The molecule has 2 rings (SSSR count). The number of methoxy groups -OCH3 is 2. The summed E-state index contributed by atoms with van der Waals surface area (Å²) in [4.78, 5) is 14.0. The number of hydrogen-bond acceptors (Lipinski definition) is 4. The van der Waals surface area contributed by atoms with Crippen molar-refractivity contribution in [2.24, 2.45) is 0 Å². The van der Waals surface area contributed by atoms with Gasteiger partial charge in [-0.05, 0) is 18.6 Å². The second-order valence-corrected chi connectivity index (χ2v) is 5.10. The van der Waals surface area contributed by atoms with Crippen LogP contribution in [-0.2, 0) is 16.1 Å². The second-order valence-electron chi connectivity index (χ2n) is 5.10. The molecule has 1 unspecified atom stereocenters. The molecule has 1 amide bonds. The summed E-state index contributed by atoms with van der Waals surface area (Å²) < 4.78 is 16.3. The monoisotopic (exact) mass is 293 g/mol. The van der Waals surface area contributed by atoms with Crippen LogP contribution in [0.5, 0.6) is 11.5 Å². The molecule has 1 aliphatic heterocycles. The van der Waals surface area contributed by atoms with E-state index >= 15 is 0 Å². The van der Waals surface area contributed by atoms with Gasteiger partial charge in [-0.25, -0.2) is 0 Å². The number of carbonyl (C=O) groups excluding carboxylic acids is 1. The zero-order chi connectivity index (χ0) is 15.2.